The van der Waals surface area contributed by atoms with Gasteiger partial charge in [0.25, 0.3) is 0 Å². The fourth-order valence-corrected chi connectivity index (χ4v) is 3.99. The second kappa shape index (κ2) is 5.92. The Morgan fingerprint density at radius 3 is 2.95 bits per heavy atom. The summed E-state index contributed by atoms with van der Waals surface area (Å²) in [6.45, 7) is 3.45. The molecular formula is C15H23NO2S. The molecule has 0 bridgehead atoms. The van der Waals surface area contributed by atoms with Crippen molar-refractivity contribution >= 4 is 11.3 Å². The van der Waals surface area contributed by atoms with Crippen molar-refractivity contribution in [2.75, 3.05) is 26.2 Å². The van der Waals surface area contributed by atoms with Crippen LogP contribution < -0.4 is 0 Å². The monoisotopic (exact) mass is 281 g/mol. The van der Waals surface area contributed by atoms with Crippen molar-refractivity contribution in [3.63, 3.8) is 0 Å². The summed E-state index contributed by atoms with van der Waals surface area (Å²) in [7, 11) is 0. The van der Waals surface area contributed by atoms with Crippen molar-refractivity contribution in [3.8, 4) is 0 Å². The lowest BCUT2D eigenvalue weighted by Crippen LogP contribution is -2.48. The van der Waals surface area contributed by atoms with Gasteiger partial charge < -0.3 is 9.84 Å². The van der Waals surface area contributed by atoms with Gasteiger partial charge in [-0.25, -0.2) is 0 Å². The van der Waals surface area contributed by atoms with E-state index in [9.17, 15) is 5.11 Å². The van der Waals surface area contributed by atoms with Gasteiger partial charge in [-0.3, -0.25) is 4.90 Å². The molecule has 1 aromatic rings. The van der Waals surface area contributed by atoms with E-state index in [0.29, 0.717) is 0 Å². The van der Waals surface area contributed by atoms with Crippen molar-refractivity contribution < 1.29 is 9.84 Å². The van der Waals surface area contributed by atoms with Crippen LogP contribution in [-0.2, 0) is 4.74 Å². The van der Waals surface area contributed by atoms with Crippen LogP contribution in [0, 0.1) is 0 Å². The summed E-state index contributed by atoms with van der Waals surface area (Å²) in [6, 6.07) is 2.15. The first-order valence-electron chi connectivity index (χ1n) is 7.34. The van der Waals surface area contributed by atoms with E-state index in [1.54, 1.807) is 11.3 Å². The maximum absolute atomic E-state index is 10.7. The topological polar surface area (TPSA) is 32.7 Å². The summed E-state index contributed by atoms with van der Waals surface area (Å²) in [5.74, 6) is 0. The minimum Gasteiger partial charge on any atom is -0.389 e. The largest absolute Gasteiger partial charge is 0.389 e. The summed E-state index contributed by atoms with van der Waals surface area (Å²) in [5, 5.41) is 14.9. The van der Waals surface area contributed by atoms with Crippen LogP contribution in [0.5, 0.6) is 0 Å². The van der Waals surface area contributed by atoms with Crippen molar-refractivity contribution in [2.24, 2.45) is 0 Å². The predicted octanol–water partition coefficient (Wildman–Crippen LogP) is 2.82. The second-order valence-electron chi connectivity index (χ2n) is 5.94. The number of thiophene rings is 1. The summed E-state index contributed by atoms with van der Waals surface area (Å²) < 4.78 is 5.86. The molecule has 1 saturated heterocycles. The summed E-state index contributed by atoms with van der Waals surface area (Å²) >= 11 is 1.72. The van der Waals surface area contributed by atoms with Crippen LogP contribution in [0.25, 0.3) is 0 Å². The van der Waals surface area contributed by atoms with Crippen LogP contribution in [-0.4, -0.2) is 41.8 Å². The molecule has 19 heavy (non-hydrogen) atoms. The van der Waals surface area contributed by atoms with Crippen LogP contribution in [0.15, 0.2) is 16.8 Å². The number of hydrogen-bond acceptors (Lipinski definition) is 4. The Morgan fingerprint density at radius 2 is 2.21 bits per heavy atom. The van der Waals surface area contributed by atoms with E-state index in [2.05, 4.69) is 21.7 Å². The van der Waals surface area contributed by atoms with E-state index in [1.165, 1.54) is 24.8 Å². The molecular weight excluding hydrogens is 258 g/mol. The molecule has 0 aromatic carbocycles. The molecule has 0 spiro atoms. The molecule has 1 aromatic heterocycles. The Morgan fingerprint density at radius 1 is 1.37 bits per heavy atom. The number of morpholine rings is 1. The Balaban J connectivity index is 1.59. The van der Waals surface area contributed by atoms with Crippen molar-refractivity contribution in [1.29, 1.82) is 0 Å². The number of nitrogens with zero attached hydrogens (tertiary/aromatic N) is 1. The first kappa shape index (κ1) is 13.6. The molecule has 1 aliphatic carbocycles. The fourth-order valence-electron chi connectivity index (χ4n) is 3.29. The average molecular weight is 281 g/mol. The lowest BCUT2D eigenvalue weighted by Gasteiger charge is -2.40. The van der Waals surface area contributed by atoms with Gasteiger partial charge in [0.2, 0.25) is 0 Å². The van der Waals surface area contributed by atoms with Gasteiger partial charge in [-0.15, -0.1) is 0 Å². The molecule has 2 heterocycles. The van der Waals surface area contributed by atoms with Gasteiger partial charge in [0.1, 0.15) is 0 Å². The third kappa shape index (κ3) is 3.37. The Bertz CT molecular complexity index is 387. The zero-order valence-corrected chi connectivity index (χ0v) is 12.2. The molecule has 1 N–H and O–H groups in total. The Hall–Kier alpha value is -0.420. The Kier molecular flexibility index (Phi) is 4.22. The number of β-amino-alcohol motifs (C(OH)–C–C–N with tert-alkyl or cyclic N) is 1. The van der Waals surface area contributed by atoms with E-state index in [4.69, 9.17) is 4.74 Å². The third-order valence-electron chi connectivity index (χ3n) is 4.37. The molecule has 3 rings (SSSR count). The van der Waals surface area contributed by atoms with Crippen LogP contribution in [0.2, 0.25) is 0 Å². The van der Waals surface area contributed by atoms with E-state index in [-0.39, 0.29) is 6.10 Å². The minimum atomic E-state index is -0.450. The zero-order chi connectivity index (χ0) is 13.1. The molecule has 4 heteroatoms. The van der Waals surface area contributed by atoms with Crippen molar-refractivity contribution in [3.05, 3.63) is 22.4 Å². The number of hydrogen-bond donors (Lipinski definition) is 1. The molecule has 1 saturated carbocycles. The second-order valence-corrected chi connectivity index (χ2v) is 6.72. The van der Waals surface area contributed by atoms with Gasteiger partial charge in [0.05, 0.1) is 18.3 Å². The van der Waals surface area contributed by atoms with Crippen LogP contribution in [0.1, 0.15) is 43.8 Å². The van der Waals surface area contributed by atoms with Gasteiger partial charge in [-0.2, -0.15) is 11.3 Å². The molecule has 1 unspecified atom stereocenters. The molecule has 106 valence electrons. The van der Waals surface area contributed by atoms with Gasteiger partial charge in [0.15, 0.2) is 0 Å². The zero-order valence-electron chi connectivity index (χ0n) is 11.4. The fraction of sp³-hybridized carbons (Fsp3) is 0.733. The highest BCUT2D eigenvalue weighted by atomic mass is 32.1. The van der Waals surface area contributed by atoms with Gasteiger partial charge in [-0.05, 0) is 35.2 Å². The molecule has 3 nitrogen and oxygen atoms in total. The molecule has 1 atom stereocenters. The van der Waals surface area contributed by atoms with Crippen molar-refractivity contribution in [1.82, 2.24) is 4.90 Å². The molecule has 0 amide bonds. The number of rotatable bonds is 3. The van der Waals surface area contributed by atoms with Crippen LogP contribution in [0.4, 0.5) is 0 Å². The number of ether oxygens (including phenoxy) is 1. The highest BCUT2D eigenvalue weighted by Gasteiger charge is 2.33. The first-order chi connectivity index (χ1) is 9.25. The summed E-state index contributed by atoms with van der Waals surface area (Å²) in [6.07, 6.45) is 5.75. The Labute approximate surface area is 119 Å². The van der Waals surface area contributed by atoms with Crippen LogP contribution >= 0.6 is 11.3 Å². The highest BCUT2D eigenvalue weighted by molar-refractivity contribution is 7.07. The van der Waals surface area contributed by atoms with E-state index in [0.717, 1.165) is 39.1 Å². The lowest BCUT2D eigenvalue weighted by atomic mass is 9.84. The molecule has 0 radical (unpaired) electrons. The normalized spacial score (nSPS) is 28.4. The standard InChI is InChI=1S/C15H23NO2S/c17-15(5-2-1-3-6-15)12-16-7-8-18-14(10-16)13-4-9-19-11-13/h4,9,11,14,17H,1-3,5-8,10,12H2. The van der Waals surface area contributed by atoms with Gasteiger partial charge >= 0.3 is 0 Å². The van der Waals surface area contributed by atoms with Crippen molar-refractivity contribution in [2.45, 2.75) is 43.8 Å². The van der Waals surface area contributed by atoms with Gasteiger partial charge in [-0.1, -0.05) is 19.3 Å². The quantitative estimate of drug-likeness (QED) is 0.925. The number of aliphatic hydroxyl groups is 1. The maximum Gasteiger partial charge on any atom is 0.0960 e. The van der Waals surface area contributed by atoms with Gasteiger partial charge in [0, 0.05) is 19.6 Å². The van der Waals surface area contributed by atoms with Crippen LogP contribution in [0.3, 0.4) is 0 Å². The highest BCUT2D eigenvalue weighted by Crippen LogP contribution is 2.31. The molecule has 2 aliphatic rings. The predicted molar refractivity (Wildman–Crippen MR) is 77.5 cm³/mol. The molecule has 1 aliphatic heterocycles. The first-order valence-corrected chi connectivity index (χ1v) is 8.28. The minimum absolute atomic E-state index is 0.187. The third-order valence-corrected chi connectivity index (χ3v) is 5.07. The maximum atomic E-state index is 10.7. The average Bonchev–Trinajstić information content (AvgIpc) is 2.93. The summed E-state index contributed by atoms with van der Waals surface area (Å²) in [5.41, 5.74) is 0.833. The van der Waals surface area contributed by atoms with E-state index >= 15 is 0 Å². The smallest absolute Gasteiger partial charge is 0.0960 e. The lowest BCUT2D eigenvalue weighted by molar-refractivity contribution is -0.0765. The summed E-state index contributed by atoms with van der Waals surface area (Å²) in [4.78, 5) is 2.39. The molecule has 2 fully saturated rings. The van der Waals surface area contributed by atoms with E-state index < -0.39 is 5.60 Å². The van der Waals surface area contributed by atoms with E-state index in [1.807, 2.05) is 0 Å². The SMILES string of the molecule is OC1(CN2CCOC(c3ccsc3)C2)CCCCC1.